The van der Waals surface area contributed by atoms with Crippen molar-refractivity contribution in [2.75, 3.05) is 0 Å². The summed E-state index contributed by atoms with van der Waals surface area (Å²) in [5, 5.41) is 24.3. The van der Waals surface area contributed by atoms with Crippen molar-refractivity contribution in [3.63, 3.8) is 0 Å². The first-order valence-electron chi connectivity index (χ1n) is 8.67. The highest BCUT2D eigenvalue weighted by Gasteiger charge is 2.63. The number of rotatable bonds is 3. The number of aliphatic hydroxyl groups is 1. The second-order valence-electron chi connectivity index (χ2n) is 6.68. The van der Waals surface area contributed by atoms with Crippen LogP contribution in [0.1, 0.15) is 40.4 Å². The van der Waals surface area contributed by atoms with E-state index in [1.165, 1.54) is 25.1 Å². The molecule has 5 nitrogen and oxygen atoms in total. The van der Waals surface area contributed by atoms with Gasteiger partial charge in [0.15, 0.2) is 0 Å². The van der Waals surface area contributed by atoms with E-state index in [4.69, 9.17) is 0 Å². The summed E-state index contributed by atoms with van der Waals surface area (Å²) < 4.78 is 41.0. The molecule has 0 unspecified atom stereocenters. The molecule has 1 atom stereocenters. The maximum absolute atomic E-state index is 13.7. The van der Waals surface area contributed by atoms with Crippen LogP contribution < -0.4 is 0 Å². The van der Waals surface area contributed by atoms with Gasteiger partial charge >= 0.3 is 6.18 Å². The Balaban J connectivity index is 2.07. The van der Waals surface area contributed by atoms with Crippen molar-refractivity contribution < 1.29 is 28.2 Å². The van der Waals surface area contributed by atoms with Crippen LogP contribution in [0, 0.1) is 6.92 Å². The monoisotopic (exact) mass is 392 g/mol. The maximum Gasteiger partial charge on any atom is 0.438 e. The Morgan fingerprint density at radius 1 is 1.21 bits per heavy atom. The lowest BCUT2D eigenvalue weighted by molar-refractivity contribution is -0.297. The molecule has 0 saturated heterocycles. The number of carbonyl (C=O) groups excluding carboxylic acids is 1. The van der Waals surface area contributed by atoms with Crippen LogP contribution in [0.25, 0.3) is 0 Å². The predicted molar refractivity (Wildman–Crippen MR) is 97.0 cm³/mol. The number of aromatic hydroxyl groups is 1. The molecular weight excluding hydrogens is 373 g/mol. The number of phenolic OH excluding ortho intramolecular Hbond substituents is 1. The van der Waals surface area contributed by atoms with Crippen LogP contribution in [0.3, 0.4) is 0 Å². The van der Waals surface area contributed by atoms with Crippen molar-refractivity contribution in [3.8, 4) is 5.75 Å². The largest absolute Gasteiger partial charge is 0.507 e. The molecule has 0 saturated carbocycles. The Bertz CT molecular complexity index is 939. The number of alkyl halides is 3. The zero-order valence-electron chi connectivity index (χ0n) is 15.3. The first-order valence-corrected chi connectivity index (χ1v) is 8.67. The van der Waals surface area contributed by atoms with E-state index in [9.17, 15) is 28.2 Å². The smallest absolute Gasteiger partial charge is 0.438 e. The first-order chi connectivity index (χ1) is 13.1. The summed E-state index contributed by atoms with van der Waals surface area (Å²) in [7, 11) is 0. The predicted octanol–water partition coefficient (Wildman–Crippen LogP) is 3.76. The van der Waals surface area contributed by atoms with E-state index in [2.05, 4.69) is 5.10 Å². The number of hydrogen-bond acceptors (Lipinski definition) is 4. The summed E-state index contributed by atoms with van der Waals surface area (Å²) >= 11 is 0. The number of amides is 1. The molecule has 2 aromatic rings. The molecule has 2 aromatic carbocycles. The van der Waals surface area contributed by atoms with E-state index < -0.39 is 30.0 Å². The molecule has 0 bridgehead atoms. The number of carbonyl (C=O) groups is 1. The topological polar surface area (TPSA) is 73.1 Å². The lowest BCUT2D eigenvalue weighted by Gasteiger charge is -2.32. The summed E-state index contributed by atoms with van der Waals surface area (Å²) in [6, 6.07) is 10.8. The van der Waals surface area contributed by atoms with Crippen molar-refractivity contribution in [1.29, 1.82) is 0 Å². The third-order valence-corrected chi connectivity index (χ3v) is 4.79. The number of benzene rings is 2. The summed E-state index contributed by atoms with van der Waals surface area (Å²) in [5.41, 5.74) is -2.24. The van der Waals surface area contributed by atoms with Gasteiger partial charge in [-0.15, -0.1) is 0 Å². The molecule has 0 spiro atoms. The molecule has 1 aliphatic heterocycles. The lowest BCUT2D eigenvalue weighted by Crippen LogP contribution is -2.56. The van der Waals surface area contributed by atoms with Gasteiger partial charge in [-0.05, 0) is 36.1 Å². The standard InChI is InChI=1S/C20H19F3N2O3/c1-3-13-7-9-14(10-8-13)16-11-19(28,20(21,22)23)25(24-16)18(27)15-6-4-5-12(2)17(15)26/h4-10,26,28H,3,11H2,1-2H3/t19-/m0/s1. The lowest BCUT2D eigenvalue weighted by atomic mass is 9.99. The van der Waals surface area contributed by atoms with Gasteiger partial charge in [-0.25, -0.2) is 0 Å². The zero-order valence-corrected chi connectivity index (χ0v) is 15.3. The molecule has 8 heteroatoms. The number of para-hydroxylation sites is 1. The number of aryl methyl sites for hydroxylation is 2. The number of phenols is 1. The molecule has 3 rings (SSSR count). The van der Waals surface area contributed by atoms with Crippen LogP contribution in [0.15, 0.2) is 47.6 Å². The SMILES string of the molecule is CCc1ccc(C2=NN(C(=O)c3cccc(C)c3O)[C@@](O)(C(F)(F)F)C2)cc1. The fourth-order valence-electron chi connectivity index (χ4n) is 3.02. The Kier molecular flexibility index (Phi) is 4.93. The molecule has 0 fully saturated rings. The molecule has 0 radical (unpaired) electrons. The van der Waals surface area contributed by atoms with Crippen molar-refractivity contribution in [1.82, 2.24) is 5.01 Å². The van der Waals surface area contributed by atoms with Crippen LogP contribution in [-0.4, -0.2) is 38.7 Å². The van der Waals surface area contributed by atoms with Crippen molar-refractivity contribution >= 4 is 11.6 Å². The number of halogens is 3. The van der Waals surface area contributed by atoms with Gasteiger partial charge < -0.3 is 10.2 Å². The molecule has 28 heavy (non-hydrogen) atoms. The Morgan fingerprint density at radius 3 is 2.43 bits per heavy atom. The van der Waals surface area contributed by atoms with Gasteiger partial charge in [-0.3, -0.25) is 4.79 Å². The quantitative estimate of drug-likeness (QED) is 0.835. The van der Waals surface area contributed by atoms with Crippen LogP contribution in [0.5, 0.6) is 5.75 Å². The third kappa shape index (κ3) is 3.24. The minimum Gasteiger partial charge on any atom is -0.507 e. The molecule has 1 amide bonds. The normalized spacial score (nSPS) is 19.6. The van der Waals surface area contributed by atoms with Gasteiger partial charge in [0, 0.05) is 0 Å². The van der Waals surface area contributed by atoms with Gasteiger partial charge in [-0.2, -0.15) is 23.3 Å². The average Bonchev–Trinajstić information content (AvgIpc) is 3.02. The summed E-state index contributed by atoms with van der Waals surface area (Å²) in [4.78, 5) is 12.8. The van der Waals surface area contributed by atoms with E-state index in [0.717, 1.165) is 12.0 Å². The van der Waals surface area contributed by atoms with E-state index in [1.807, 2.05) is 6.92 Å². The van der Waals surface area contributed by atoms with Crippen molar-refractivity contribution in [2.45, 2.75) is 38.6 Å². The van der Waals surface area contributed by atoms with E-state index in [-0.39, 0.29) is 16.3 Å². The zero-order chi connectivity index (χ0) is 20.7. The van der Waals surface area contributed by atoms with E-state index >= 15 is 0 Å². The highest BCUT2D eigenvalue weighted by molar-refractivity contribution is 6.06. The van der Waals surface area contributed by atoms with Crippen molar-refractivity contribution in [2.24, 2.45) is 5.10 Å². The number of hydrazone groups is 1. The Labute approximate surface area is 159 Å². The van der Waals surface area contributed by atoms with Gasteiger partial charge in [-0.1, -0.05) is 43.3 Å². The molecule has 1 heterocycles. The molecular formula is C20H19F3N2O3. The van der Waals surface area contributed by atoms with Gasteiger partial charge in [0.25, 0.3) is 11.6 Å². The van der Waals surface area contributed by atoms with Gasteiger partial charge in [0.1, 0.15) is 5.75 Å². The fraction of sp³-hybridized carbons (Fsp3) is 0.300. The molecule has 0 aromatic heterocycles. The average molecular weight is 392 g/mol. The number of nitrogens with zero attached hydrogens (tertiary/aromatic N) is 2. The van der Waals surface area contributed by atoms with Crippen LogP contribution >= 0.6 is 0 Å². The molecule has 0 aliphatic carbocycles. The summed E-state index contributed by atoms with van der Waals surface area (Å²) in [6.45, 7) is 3.45. The highest BCUT2D eigenvalue weighted by Crippen LogP contribution is 2.42. The first kappa shape index (κ1) is 19.9. The van der Waals surface area contributed by atoms with Crippen LogP contribution in [0.4, 0.5) is 13.2 Å². The fourth-order valence-corrected chi connectivity index (χ4v) is 3.02. The van der Waals surface area contributed by atoms with E-state index in [1.54, 1.807) is 24.3 Å². The van der Waals surface area contributed by atoms with Gasteiger partial charge in [0.05, 0.1) is 17.7 Å². The summed E-state index contributed by atoms with van der Waals surface area (Å²) in [6.07, 6.45) is -5.28. The second-order valence-corrected chi connectivity index (χ2v) is 6.68. The number of hydrogen-bond donors (Lipinski definition) is 2. The summed E-state index contributed by atoms with van der Waals surface area (Å²) in [5.74, 6) is -1.69. The van der Waals surface area contributed by atoms with Crippen molar-refractivity contribution in [3.05, 3.63) is 64.7 Å². The molecule has 2 N–H and O–H groups in total. The van der Waals surface area contributed by atoms with Crippen LogP contribution in [0.2, 0.25) is 0 Å². The Morgan fingerprint density at radius 2 is 1.86 bits per heavy atom. The molecule has 148 valence electrons. The van der Waals surface area contributed by atoms with Crippen LogP contribution in [-0.2, 0) is 6.42 Å². The molecule has 1 aliphatic rings. The minimum absolute atomic E-state index is 0.0184. The van der Waals surface area contributed by atoms with Gasteiger partial charge in [0.2, 0.25) is 0 Å². The second kappa shape index (κ2) is 6.94. The van der Waals surface area contributed by atoms with E-state index in [0.29, 0.717) is 11.1 Å². The third-order valence-electron chi connectivity index (χ3n) is 4.79. The highest BCUT2D eigenvalue weighted by atomic mass is 19.4. The Hall–Kier alpha value is -2.87. The maximum atomic E-state index is 13.7. The minimum atomic E-state index is -5.14.